The SMILES string of the molecule is COc1ccc(C(=O)CN2CCC(N(C)C)C2)cc1Cl. The van der Waals surface area contributed by atoms with Crippen LogP contribution in [0.15, 0.2) is 18.2 Å². The maximum absolute atomic E-state index is 12.3. The van der Waals surface area contributed by atoms with Gasteiger partial charge in [-0.25, -0.2) is 0 Å². The van der Waals surface area contributed by atoms with Crippen molar-refractivity contribution in [3.63, 3.8) is 0 Å². The van der Waals surface area contributed by atoms with E-state index in [4.69, 9.17) is 16.3 Å². The fourth-order valence-electron chi connectivity index (χ4n) is 2.51. The van der Waals surface area contributed by atoms with Crippen LogP contribution >= 0.6 is 11.6 Å². The Bertz CT molecular complexity index is 491. The molecule has 1 atom stereocenters. The lowest BCUT2D eigenvalue weighted by atomic mass is 10.1. The highest BCUT2D eigenvalue weighted by atomic mass is 35.5. The molecular formula is C15H21ClN2O2. The number of rotatable bonds is 5. The molecule has 0 radical (unpaired) electrons. The molecule has 1 aliphatic rings. The Kier molecular flexibility index (Phi) is 5.02. The van der Waals surface area contributed by atoms with Crippen LogP contribution in [0.25, 0.3) is 0 Å². The number of methoxy groups -OCH3 is 1. The zero-order chi connectivity index (χ0) is 14.7. The third kappa shape index (κ3) is 3.51. The van der Waals surface area contributed by atoms with Crippen LogP contribution in [0, 0.1) is 0 Å². The van der Waals surface area contributed by atoms with E-state index in [9.17, 15) is 4.79 Å². The second-order valence-corrected chi connectivity index (χ2v) is 5.82. The summed E-state index contributed by atoms with van der Waals surface area (Å²) in [6.07, 6.45) is 1.11. The maximum Gasteiger partial charge on any atom is 0.176 e. The first-order valence-electron chi connectivity index (χ1n) is 6.76. The maximum atomic E-state index is 12.3. The highest BCUT2D eigenvalue weighted by Gasteiger charge is 2.25. The molecule has 0 amide bonds. The van der Waals surface area contributed by atoms with Crippen molar-refractivity contribution in [1.82, 2.24) is 9.80 Å². The van der Waals surface area contributed by atoms with Gasteiger partial charge >= 0.3 is 0 Å². The average molecular weight is 297 g/mol. The van der Waals surface area contributed by atoms with E-state index in [1.165, 1.54) is 0 Å². The Hall–Kier alpha value is -1.10. The highest BCUT2D eigenvalue weighted by Crippen LogP contribution is 2.25. The molecule has 1 saturated heterocycles. The van der Waals surface area contributed by atoms with Crippen LogP contribution in [0.5, 0.6) is 5.75 Å². The number of ketones is 1. The van der Waals surface area contributed by atoms with Crippen LogP contribution in [-0.4, -0.2) is 62.5 Å². The molecule has 1 aliphatic heterocycles. The first kappa shape index (κ1) is 15.3. The van der Waals surface area contributed by atoms with Crippen molar-refractivity contribution in [1.29, 1.82) is 0 Å². The van der Waals surface area contributed by atoms with Crippen molar-refractivity contribution < 1.29 is 9.53 Å². The summed E-state index contributed by atoms with van der Waals surface area (Å²) in [4.78, 5) is 16.7. The van der Waals surface area contributed by atoms with Crippen LogP contribution in [0.3, 0.4) is 0 Å². The molecule has 0 aromatic heterocycles. The van der Waals surface area contributed by atoms with Crippen LogP contribution in [0.1, 0.15) is 16.8 Å². The number of carbonyl (C=O) groups excluding carboxylic acids is 1. The molecule has 1 aromatic carbocycles. The summed E-state index contributed by atoms with van der Waals surface area (Å²) in [5, 5.41) is 0.478. The van der Waals surface area contributed by atoms with Crippen molar-refractivity contribution in [3.05, 3.63) is 28.8 Å². The summed E-state index contributed by atoms with van der Waals surface area (Å²) in [5.41, 5.74) is 0.643. The van der Waals surface area contributed by atoms with Gasteiger partial charge in [0.1, 0.15) is 5.75 Å². The van der Waals surface area contributed by atoms with Gasteiger partial charge in [-0.1, -0.05) is 11.6 Å². The summed E-state index contributed by atoms with van der Waals surface area (Å²) in [6, 6.07) is 5.74. The van der Waals surface area contributed by atoms with Gasteiger partial charge in [-0.2, -0.15) is 0 Å². The van der Waals surface area contributed by atoms with Crippen molar-refractivity contribution in [2.75, 3.05) is 40.8 Å². The third-order valence-corrected chi connectivity index (χ3v) is 4.11. The molecule has 5 heteroatoms. The number of likely N-dealkylation sites (tertiary alicyclic amines) is 1. The van der Waals surface area contributed by atoms with Gasteiger partial charge in [0.25, 0.3) is 0 Å². The van der Waals surface area contributed by atoms with E-state index < -0.39 is 0 Å². The molecule has 0 saturated carbocycles. The van der Waals surface area contributed by atoms with Crippen LogP contribution in [0.4, 0.5) is 0 Å². The fraction of sp³-hybridized carbons (Fsp3) is 0.533. The van der Waals surface area contributed by atoms with E-state index in [0.29, 0.717) is 28.9 Å². The monoisotopic (exact) mass is 296 g/mol. The summed E-state index contributed by atoms with van der Waals surface area (Å²) in [7, 11) is 5.73. The Morgan fingerprint density at radius 2 is 2.25 bits per heavy atom. The van der Waals surface area contributed by atoms with Crippen molar-refractivity contribution in [2.45, 2.75) is 12.5 Å². The largest absolute Gasteiger partial charge is 0.495 e. The molecular weight excluding hydrogens is 276 g/mol. The van der Waals surface area contributed by atoms with E-state index in [2.05, 4.69) is 23.9 Å². The Morgan fingerprint density at radius 1 is 1.50 bits per heavy atom. The van der Waals surface area contributed by atoms with E-state index in [1.54, 1.807) is 25.3 Å². The summed E-state index contributed by atoms with van der Waals surface area (Å²) >= 11 is 6.06. The minimum Gasteiger partial charge on any atom is -0.495 e. The van der Waals surface area contributed by atoms with E-state index in [1.807, 2.05) is 0 Å². The molecule has 0 spiro atoms. The lowest BCUT2D eigenvalue weighted by molar-refractivity contribution is 0.0941. The van der Waals surface area contributed by atoms with Crippen LogP contribution in [0.2, 0.25) is 5.02 Å². The second kappa shape index (κ2) is 6.57. The first-order valence-corrected chi connectivity index (χ1v) is 7.14. The number of likely N-dealkylation sites (N-methyl/N-ethyl adjacent to an activating group) is 1. The summed E-state index contributed by atoms with van der Waals surface area (Å²) in [5.74, 6) is 0.700. The smallest absolute Gasteiger partial charge is 0.176 e. The van der Waals surface area contributed by atoms with Crippen molar-refractivity contribution in [2.24, 2.45) is 0 Å². The Labute approximate surface area is 125 Å². The number of hydrogen-bond acceptors (Lipinski definition) is 4. The molecule has 0 N–H and O–H groups in total. The molecule has 4 nitrogen and oxygen atoms in total. The van der Waals surface area contributed by atoms with Gasteiger partial charge in [-0.05, 0) is 38.7 Å². The van der Waals surface area contributed by atoms with Gasteiger partial charge in [0.2, 0.25) is 0 Å². The second-order valence-electron chi connectivity index (χ2n) is 5.41. The van der Waals surface area contributed by atoms with Crippen LogP contribution < -0.4 is 4.74 Å². The lowest BCUT2D eigenvalue weighted by Gasteiger charge is -2.20. The first-order chi connectivity index (χ1) is 9.51. The molecule has 0 bridgehead atoms. The number of carbonyl (C=O) groups is 1. The number of benzene rings is 1. The quantitative estimate of drug-likeness (QED) is 0.780. The minimum absolute atomic E-state index is 0.106. The summed E-state index contributed by atoms with van der Waals surface area (Å²) in [6.45, 7) is 2.37. The third-order valence-electron chi connectivity index (χ3n) is 3.82. The molecule has 2 rings (SSSR count). The molecule has 110 valence electrons. The van der Waals surface area contributed by atoms with E-state index >= 15 is 0 Å². The highest BCUT2D eigenvalue weighted by molar-refractivity contribution is 6.32. The van der Waals surface area contributed by atoms with Crippen molar-refractivity contribution in [3.8, 4) is 5.75 Å². The lowest BCUT2D eigenvalue weighted by Crippen LogP contribution is -2.33. The number of ether oxygens (including phenoxy) is 1. The van der Waals surface area contributed by atoms with Gasteiger partial charge < -0.3 is 9.64 Å². The Morgan fingerprint density at radius 3 is 2.80 bits per heavy atom. The predicted molar refractivity (Wildman–Crippen MR) is 80.9 cm³/mol. The normalized spacial score (nSPS) is 19.6. The number of nitrogens with zero attached hydrogens (tertiary/aromatic N) is 2. The fourth-order valence-corrected chi connectivity index (χ4v) is 2.77. The zero-order valence-corrected chi connectivity index (χ0v) is 13.0. The molecule has 1 fully saturated rings. The predicted octanol–water partition coefficient (Wildman–Crippen LogP) is 2.17. The van der Waals surface area contributed by atoms with Gasteiger partial charge in [-0.15, -0.1) is 0 Å². The topological polar surface area (TPSA) is 32.8 Å². The number of halogens is 1. The average Bonchev–Trinajstić information content (AvgIpc) is 2.87. The van der Waals surface area contributed by atoms with E-state index in [-0.39, 0.29) is 5.78 Å². The molecule has 1 heterocycles. The summed E-state index contributed by atoms with van der Waals surface area (Å²) < 4.78 is 5.09. The van der Waals surface area contributed by atoms with Gasteiger partial charge in [0.15, 0.2) is 5.78 Å². The number of Topliss-reactive ketones (excluding diaryl/α,β-unsaturated/α-hetero) is 1. The molecule has 20 heavy (non-hydrogen) atoms. The van der Waals surface area contributed by atoms with Gasteiger partial charge in [0, 0.05) is 24.7 Å². The molecule has 1 unspecified atom stereocenters. The molecule has 1 aromatic rings. The van der Waals surface area contributed by atoms with Gasteiger partial charge in [0.05, 0.1) is 18.7 Å². The Balaban J connectivity index is 1.97. The minimum atomic E-state index is 0.106. The zero-order valence-electron chi connectivity index (χ0n) is 12.2. The van der Waals surface area contributed by atoms with Gasteiger partial charge in [-0.3, -0.25) is 9.69 Å². The van der Waals surface area contributed by atoms with Crippen LogP contribution in [-0.2, 0) is 0 Å². The van der Waals surface area contributed by atoms with Crippen molar-refractivity contribution >= 4 is 17.4 Å². The molecule has 0 aliphatic carbocycles. The number of hydrogen-bond donors (Lipinski definition) is 0. The standard InChI is InChI=1S/C15H21ClN2O2/c1-17(2)12-6-7-18(9-12)10-14(19)11-4-5-15(20-3)13(16)8-11/h4-5,8,12H,6-7,9-10H2,1-3H3. The van der Waals surface area contributed by atoms with E-state index in [0.717, 1.165) is 19.5 Å².